The molecule has 1 aliphatic heterocycles. The Labute approximate surface area is 160 Å². The first kappa shape index (κ1) is 19.4. The van der Waals surface area contributed by atoms with Gasteiger partial charge in [-0.1, -0.05) is 17.3 Å². The minimum Gasteiger partial charge on any atom is -0.494 e. The van der Waals surface area contributed by atoms with Crippen LogP contribution in [0.15, 0.2) is 24.3 Å². The summed E-state index contributed by atoms with van der Waals surface area (Å²) in [5, 5.41) is 15.1. The fraction of sp³-hybridized carbons (Fsp3) is 0.550. The fourth-order valence-electron chi connectivity index (χ4n) is 4.25. The predicted molar refractivity (Wildman–Crippen MR) is 104 cm³/mol. The molecular weight excluding hydrogens is 342 g/mol. The molecule has 2 heterocycles. The van der Waals surface area contributed by atoms with Crippen molar-refractivity contribution in [3.8, 4) is 11.4 Å². The summed E-state index contributed by atoms with van der Waals surface area (Å²) in [7, 11) is 1.61. The number of amides is 1. The summed E-state index contributed by atoms with van der Waals surface area (Å²) in [6.07, 6.45) is 1.73. The van der Waals surface area contributed by atoms with Crippen molar-refractivity contribution < 1.29 is 9.53 Å². The lowest BCUT2D eigenvalue weighted by Gasteiger charge is -2.46. The van der Waals surface area contributed by atoms with Gasteiger partial charge in [-0.15, -0.1) is 5.10 Å². The van der Waals surface area contributed by atoms with Crippen LogP contribution in [0.1, 0.15) is 56.7 Å². The van der Waals surface area contributed by atoms with Crippen LogP contribution in [0.5, 0.6) is 5.75 Å². The Morgan fingerprint density at radius 2 is 1.85 bits per heavy atom. The monoisotopic (exact) mass is 371 g/mol. The predicted octanol–water partition coefficient (Wildman–Crippen LogP) is 2.62. The first-order valence-electron chi connectivity index (χ1n) is 9.28. The second kappa shape index (κ2) is 6.96. The Balaban J connectivity index is 1.82. The van der Waals surface area contributed by atoms with Gasteiger partial charge in [-0.2, -0.15) is 0 Å². The van der Waals surface area contributed by atoms with Gasteiger partial charge in [0.25, 0.3) is 5.91 Å². The van der Waals surface area contributed by atoms with E-state index in [0.717, 1.165) is 18.5 Å². The molecule has 7 heteroatoms. The molecule has 146 valence electrons. The van der Waals surface area contributed by atoms with Crippen molar-refractivity contribution in [2.75, 3.05) is 7.11 Å². The molecule has 1 fully saturated rings. The average Bonchev–Trinajstić information content (AvgIpc) is 2.93. The van der Waals surface area contributed by atoms with Crippen LogP contribution in [0.4, 0.5) is 0 Å². The highest BCUT2D eigenvalue weighted by Crippen LogP contribution is 2.29. The number of nitrogens with one attached hydrogen (secondary N) is 2. The van der Waals surface area contributed by atoms with Gasteiger partial charge in [0.15, 0.2) is 5.69 Å². The van der Waals surface area contributed by atoms with Gasteiger partial charge in [-0.25, -0.2) is 4.68 Å². The number of hydrogen-bond acceptors (Lipinski definition) is 5. The quantitative estimate of drug-likeness (QED) is 0.863. The maximum atomic E-state index is 12.9. The molecule has 1 amide bonds. The van der Waals surface area contributed by atoms with Gasteiger partial charge in [0.05, 0.1) is 12.8 Å². The van der Waals surface area contributed by atoms with E-state index in [-0.39, 0.29) is 23.0 Å². The van der Waals surface area contributed by atoms with E-state index < -0.39 is 0 Å². The Morgan fingerprint density at radius 1 is 1.22 bits per heavy atom. The van der Waals surface area contributed by atoms with Crippen LogP contribution < -0.4 is 15.4 Å². The number of para-hydroxylation sites is 2. The van der Waals surface area contributed by atoms with Gasteiger partial charge < -0.3 is 15.4 Å². The van der Waals surface area contributed by atoms with Crippen LogP contribution >= 0.6 is 0 Å². The number of methoxy groups -OCH3 is 1. The second-order valence-corrected chi connectivity index (χ2v) is 8.58. The number of carbonyl (C=O) groups is 1. The van der Waals surface area contributed by atoms with Crippen molar-refractivity contribution in [2.24, 2.45) is 0 Å². The summed E-state index contributed by atoms with van der Waals surface area (Å²) >= 11 is 0. The standard InChI is InChI=1S/C20H29N5O2/c1-13-17(22-24-25(13)15-9-7-8-10-16(15)27-6)18(26)21-14-11-19(2,3)23-20(4,5)12-14/h7-10,14,23H,11-12H2,1-6H3,(H,21,26). The molecule has 0 spiro atoms. The zero-order valence-corrected chi connectivity index (χ0v) is 17.0. The summed E-state index contributed by atoms with van der Waals surface area (Å²) < 4.78 is 7.04. The van der Waals surface area contributed by atoms with E-state index >= 15 is 0 Å². The van der Waals surface area contributed by atoms with Crippen molar-refractivity contribution in [2.45, 2.75) is 64.6 Å². The number of carbonyl (C=O) groups excluding carboxylic acids is 1. The molecule has 3 rings (SSSR count). The number of aromatic nitrogens is 3. The molecule has 1 saturated heterocycles. The van der Waals surface area contributed by atoms with Crippen LogP contribution in [0, 0.1) is 6.92 Å². The van der Waals surface area contributed by atoms with Gasteiger partial charge in [0.1, 0.15) is 11.4 Å². The molecular formula is C20H29N5O2. The molecule has 0 atom stereocenters. The zero-order chi connectivity index (χ0) is 19.8. The first-order chi connectivity index (χ1) is 12.6. The first-order valence-corrected chi connectivity index (χ1v) is 9.28. The number of piperidine rings is 1. The van der Waals surface area contributed by atoms with E-state index in [1.54, 1.807) is 11.8 Å². The third-order valence-corrected chi connectivity index (χ3v) is 4.95. The van der Waals surface area contributed by atoms with Crippen molar-refractivity contribution in [1.82, 2.24) is 25.6 Å². The number of benzene rings is 1. The number of hydrogen-bond donors (Lipinski definition) is 2. The largest absolute Gasteiger partial charge is 0.494 e. The van der Waals surface area contributed by atoms with Crippen LogP contribution in [0.25, 0.3) is 5.69 Å². The summed E-state index contributed by atoms with van der Waals surface area (Å²) in [5.41, 5.74) is 1.71. The van der Waals surface area contributed by atoms with E-state index in [2.05, 4.69) is 48.6 Å². The molecule has 2 aromatic rings. The summed E-state index contributed by atoms with van der Waals surface area (Å²) in [6, 6.07) is 7.62. The highest BCUT2D eigenvalue weighted by molar-refractivity contribution is 5.93. The normalized spacial score (nSPS) is 18.9. The van der Waals surface area contributed by atoms with Crippen molar-refractivity contribution >= 4 is 5.91 Å². The Kier molecular flexibility index (Phi) is 4.99. The van der Waals surface area contributed by atoms with Crippen LogP contribution in [0.3, 0.4) is 0 Å². The van der Waals surface area contributed by atoms with Crippen molar-refractivity contribution in [1.29, 1.82) is 0 Å². The van der Waals surface area contributed by atoms with Gasteiger partial charge in [0, 0.05) is 17.1 Å². The number of ether oxygens (including phenoxy) is 1. The van der Waals surface area contributed by atoms with E-state index in [4.69, 9.17) is 4.74 Å². The van der Waals surface area contributed by atoms with E-state index in [9.17, 15) is 4.79 Å². The Morgan fingerprint density at radius 3 is 2.48 bits per heavy atom. The minimum atomic E-state index is -0.188. The molecule has 0 saturated carbocycles. The number of nitrogens with zero attached hydrogens (tertiary/aromatic N) is 3. The molecule has 0 unspecified atom stereocenters. The van der Waals surface area contributed by atoms with Crippen LogP contribution in [-0.4, -0.2) is 45.1 Å². The number of rotatable bonds is 4. The smallest absolute Gasteiger partial charge is 0.273 e. The van der Waals surface area contributed by atoms with E-state index in [0.29, 0.717) is 17.1 Å². The summed E-state index contributed by atoms with van der Waals surface area (Å²) in [5.74, 6) is 0.492. The fourth-order valence-corrected chi connectivity index (χ4v) is 4.25. The molecule has 1 aromatic carbocycles. The van der Waals surface area contributed by atoms with Gasteiger partial charge in [0.2, 0.25) is 0 Å². The highest BCUT2D eigenvalue weighted by atomic mass is 16.5. The second-order valence-electron chi connectivity index (χ2n) is 8.58. The van der Waals surface area contributed by atoms with Gasteiger partial charge in [-0.3, -0.25) is 4.79 Å². The summed E-state index contributed by atoms with van der Waals surface area (Å²) in [4.78, 5) is 12.9. The van der Waals surface area contributed by atoms with Gasteiger partial charge >= 0.3 is 0 Å². The van der Waals surface area contributed by atoms with Gasteiger partial charge in [-0.05, 0) is 59.6 Å². The van der Waals surface area contributed by atoms with Crippen LogP contribution in [-0.2, 0) is 0 Å². The lowest BCUT2D eigenvalue weighted by atomic mass is 9.79. The lowest BCUT2D eigenvalue weighted by Crippen LogP contribution is -2.62. The Hall–Kier alpha value is -2.41. The van der Waals surface area contributed by atoms with Crippen molar-refractivity contribution in [3.63, 3.8) is 0 Å². The molecule has 0 aliphatic carbocycles. The van der Waals surface area contributed by atoms with E-state index in [1.807, 2.05) is 31.2 Å². The molecule has 2 N–H and O–H groups in total. The third kappa shape index (κ3) is 4.13. The third-order valence-electron chi connectivity index (χ3n) is 4.95. The maximum Gasteiger partial charge on any atom is 0.273 e. The highest BCUT2D eigenvalue weighted by Gasteiger charge is 2.38. The summed E-state index contributed by atoms with van der Waals surface area (Å²) in [6.45, 7) is 10.5. The SMILES string of the molecule is COc1ccccc1-n1nnc(C(=O)NC2CC(C)(C)NC(C)(C)C2)c1C. The molecule has 27 heavy (non-hydrogen) atoms. The Bertz CT molecular complexity index is 825. The topological polar surface area (TPSA) is 81.1 Å². The molecule has 0 bridgehead atoms. The average molecular weight is 371 g/mol. The molecule has 0 radical (unpaired) electrons. The van der Waals surface area contributed by atoms with E-state index in [1.165, 1.54) is 0 Å². The molecule has 7 nitrogen and oxygen atoms in total. The zero-order valence-electron chi connectivity index (χ0n) is 17.0. The maximum absolute atomic E-state index is 12.9. The van der Waals surface area contributed by atoms with Crippen molar-refractivity contribution in [3.05, 3.63) is 35.7 Å². The molecule has 1 aliphatic rings. The molecule has 1 aromatic heterocycles. The van der Waals surface area contributed by atoms with Crippen LogP contribution in [0.2, 0.25) is 0 Å². The minimum absolute atomic E-state index is 0.0379. The lowest BCUT2D eigenvalue weighted by molar-refractivity contribution is 0.0867.